The van der Waals surface area contributed by atoms with Crippen molar-refractivity contribution in [2.45, 2.75) is 171 Å². The molecule has 4 aliphatic carbocycles. The molecule has 4 amide bonds. The number of hydrogen-bond acceptors (Lipinski definition) is 16. The Bertz CT molecular complexity index is 7020. The van der Waals surface area contributed by atoms with Gasteiger partial charge in [0.25, 0.3) is 63.7 Å². The molecule has 4 aromatic heterocycles. The second-order valence-corrected chi connectivity index (χ2v) is 44.7. The van der Waals surface area contributed by atoms with E-state index in [1.807, 2.05) is 111 Å². The van der Waals surface area contributed by atoms with Gasteiger partial charge in [-0.15, -0.1) is 0 Å². The summed E-state index contributed by atoms with van der Waals surface area (Å²) in [4.78, 5) is 68.4. The zero-order chi connectivity index (χ0) is 95.5. The highest BCUT2D eigenvalue weighted by Crippen LogP contribution is 2.52. The fourth-order valence-electron chi connectivity index (χ4n) is 21.4. The fourth-order valence-corrected chi connectivity index (χ4v) is 27.2. The van der Waals surface area contributed by atoms with Crippen LogP contribution >= 0.6 is 11.6 Å². The Morgan fingerprint density at radius 2 is 0.632 bits per heavy atom. The van der Waals surface area contributed by atoms with Gasteiger partial charge in [0.1, 0.15) is 23.0 Å². The minimum Gasteiger partial charge on any atom is -0.348 e. The van der Waals surface area contributed by atoms with Gasteiger partial charge in [0.15, 0.2) is 20.1 Å². The maximum Gasteiger partial charge on any atom is 0.262 e. The molecule has 4 atom stereocenters. The van der Waals surface area contributed by atoms with Gasteiger partial charge in [0.05, 0.1) is 30.9 Å². The number of imidazole rings is 4. The maximum atomic E-state index is 14.5. The van der Waals surface area contributed by atoms with Crippen LogP contribution in [0.15, 0.2) is 246 Å². The number of fused-ring (bicyclic) bond motifs is 8. The van der Waals surface area contributed by atoms with E-state index in [0.29, 0.717) is 126 Å². The number of nitrogens with zero attached hydrogens (tertiary/aromatic N) is 12. The molecular formula is C100H110ClF3N16O12S4. The highest BCUT2D eigenvalue weighted by Gasteiger charge is 2.56. The molecule has 8 aromatic carbocycles. The molecule has 4 saturated heterocycles. The van der Waals surface area contributed by atoms with Crippen LogP contribution in [0.3, 0.4) is 0 Å². The number of piperidine rings is 4. The van der Waals surface area contributed by atoms with E-state index in [4.69, 9.17) is 11.6 Å². The maximum absolute atomic E-state index is 14.5. The molecule has 8 aliphatic rings. The molecule has 4 unspecified atom stereocenters. The lowest BCUT2D eigenvalue weighted by atomic mass is 9.71. The van der Waals surface area contributed by atoms with Gasteiger partial charge < -0.3 is 39.5 Å². The van der Waals surface area contributed by atoms with Gasteiger partial charge in [-0.1, -0.05) is 152 Å². The van der Waals surface area contributed by atoms with Gasteiger partial charge in [-0.25, -0.2) is 66.8 Å². The van der Waals surface area contributed by atoms with Crippen molar-refractivity contribution in [3.8, 4) is 0 Å². The Kier molecular flexibility index (Phi) is 27.6. The third kappa shape index (κ3) is 18.7. The zero-order valence-corrected chi connectivity index (χ0v) is 79.7. The first-order valence-corrected chi connectivity index (χ1v) is 51.1. The molecule has 4 spiro atoms. The normalized spacial score (nSPS) is 19.7. The van der Waals surface area contributed by atoms with Gasteiger partial charge in [-0.3, -0.25) is 19.2 Å². The molecule has 4 aliphatic heterocycles. The Hall–Kier alpha value is -11.8. The predicted octanol–water partition coefficient (Wildman–Crippen LogP) is 12.6. The molecular weight excluding hydrogens is 1840 g/mol. The number of amides is 4. The molecule has 4 fully saturated rings. The molecule has 0 radical (unpaired) electrons. The first kappa shape index (κ1) is 97.3. The third-order valence-corrected chi connectivity index (χ3v) is 36.3. The van der Waals surface area contributed by atoms with Crippen molar-refractivity contribution in [2.24, 2.45) is 28.2 Å². The number of aromatic nitrogens is 8. The van der Waals surface area contributed by atoms with Crippen molar-refractivity contribution in [3.63, 3.8) is 0 Å². The number of aryl methyl sites for hydroxylation is 7. The zero-order valence-electron chi connectivity index (χ0n) is 75.7. The van der Waals surface area contributed by atoms with Crippen molar-refractivity contribution >= 4 is 75.3 Å². The number of sulfonamides is 4. The first-order chi connectivity index (χ1) is 64.4. The predicted molar refractivity (Wildman–Crippen MR) is 509 cm³/mol. The lowest BCUT2D eigenvalue weighted by Gasteiger charge is -2.43. The number of carbonyl (C=O) groups excluding carboxylic acids is 4. The SMILES string of the molecule is C.Cc1ccc(C(=O)NC2Cc3ccccc3C23CCN(S(=O)(=O)c2cn(C)cn2)CC3)c(F)c1.Cc1ccc(C(=O)NC2Cc3ccccc3C23CCN(S(=O)(=O)c2cn(C)cn2)CC3)cc1.Cc1ccc(C(=O)NC2Cc3ccccc3C23CCN(S(=O)(=O)c2cn(C)cn2)CC3)cc1Cl.Cn1cnc(S(=O)(=O)N2CCC3(CC2)c2ccccc2CC3NC(=O)c2c(F)cccc2F)c1. The van der Waals surface area contributed by atoms with E-state index in [1.54, 1.807) is 71.6 Å². The number of halogens is 4. The van der Waals surface area contributed by atoms with E-state index in [0.717, 1.165) is 57.5 Å². The van der Waals surface area contributed by atoms with Crippen LogP contribution < -0.4 is 21.3 Å². The van der Waals surface area contributed by atoms with Crippen LogP contribution in [0.5, 0.6) is 0 Å². The summed E-state index contributed by atoms with van der Waals surface area (Å²) in [5, 5.41) is 13.3. The van der Waals surface area contributed by atoms with Gasteiger partial charge in [0.2, 0.25) is 0 Å². The smallest absolute Gasteiger partial charge is 0.262 e. The number of rotatable bonds is 16. The average molecular weight is 1950 g/mol. The van der Waals surface area contributed by atoms with Crippen molar-refractivity contribution in [1.29, 1.82) is 0 Å². The van der Waals surface area contributed by atoms with E-state index < -0.39 is 91.8 Å². The number of carbonyl (C=O) groups is 4. The summed E-state index contributed by atoms with van der Waals surface area (Å²) in [6.45, 7) is 8.33. The summed E-state index contributed by atoms with van der Waals surface area (Å²) in [5.74, 6) is -3.89. The minimum atomic E-state index is -3.74. The van der Waals surface area contributed by atoms with Crippen molar-refractivity contribution < 1.29 is 66.0 Å². The summed E-state index contributed by atoms with van der Waals surface area (Å²) in [6, 6.07) is 52.3. The van der Waals surface area contributed by atoms with Gasteiger partial charge in [-0.05, 0) is 202 Å². The van der Waals surface area contributed by atoms with E-state index in [9.17, 15) is 66.0 Å². The van der Waals surface area contributed by atoms with Gasteiger partial charge >= 0.3 is 0 Å². The minimum absolute atomic E-state index is 0. The van der Waals surface area contributed by atoms with Crippen molar-refractivity contribution in [3.05, 3.63) is 332 Å². The van der Waals surface area contributed by atoms with Crippen LogP contribution in [0.25, 0.3) is 0 Å². The topological polar surface area (TPSA) is 337 Å². The third-order valence-electron chi connectivity index (χ3n) is 28.7. The summed E-state index contributed by atoms with van der Waals surface area (Å²) in [6.07, 6.45) is 19.1. The first-order valence-electron chi connectivity index (χ1n) is 45.0. The van der Waals surface area contributed by atoms with E-state index >= 15 is 0 Å². The molecule has 8 heterocycles. The van der Waals surface area contributed by atoms with Crippen molar-refractivity contribution in [1.82, 2.24) is 76.7 Å². The second-order valence-electron chi connectivity index (χ2n) is 36.7. The summed E-state index contributed by atoms with van der Waals surface area (Å²) >= 11 is 6.25. The molecule has 714 valence electrons. The van der Waals surface area contributed by atoms with Crippen LogP contribution in [0.1, 0.15) is 161 Å². The highest BCUT2D eigenvalue weighted by molar-refractivity contribution is 7.90. The molecule has 136 heavy (non-hydrogen) atoms. The highest BCUT2D eigenvalue weighted by atomic mass is 35.5. The van der Waals surface area contributed by atoms with Crippen LogP contribution in [-0.4, -0.2) is 189 Å². The van der Waals surface area contributed by atoms with Crippen LogP contribution in [0.2, 0.25) is 5.02 Å². The van der Waals surface area contributed by atoms with Crippen LogP contribution in [-0.2, 0) is 116 Å². The molecule has 0 bridgehead atoms. The number of benzene rings is 8. The Morgan fingerprint density at radius 1 is 0.346 bits per heavy atom. The van der Waals surface area contributed by atoms with Gasteiger partial charge in [0, 0.05) is 167 Å². The van der Waals surface area contributed by atoms with Crippen LogP contribution in [0, 0.1) is 38.2 Å². The summed E-state index contributed by atoms with van der Waals surface area (Å²) < 4.78 is 160. The number of hydrogen-bond donors (Lipinski definition) is 4. The molecule has 28 nitrogen and oxygen atoms in total. The second kappa shape index (κ2) is 38.6. The lowest BCUT2D eigenvalue weighted by Crippen LogP contribution is -2.54. The monoisotopic (exact) mass is 1950 g/mol. The van der Waals surface area contributed by atoms with Crippen molar-refractivity contribution in [2.75, 3.05) is 52.4 Å². The van der Waals surface area contributed by atoms with Crippen LogP contribution in [0.4, 0.5) is 13.2 Å². The van der Waals surface area contributed by atoms with Gasteiger partial charge in [-0.2, -0.15) is 17.2 Å². The standard InChI is InChI=1S/C25H27ClN4O3S.C25H27FN4O3S.C25H28N4O3S.C24H24F2N4O3S.CH4/c1-17-7-8-19(13-21(17)26)24(31)28-22-14-18-5-3-4-6-20(18)25(22)9-11-30(12-10-25)34(32,33)23-15-29(2)16-27-23;1-17-7-8-19(21(26)13-17)24(31)28-22-14-18-5-3-4-6-20(18)25(22)9-11-30(12-10-25)34(32,33)23-15-29(2)16-27-23;1-18-7-9-19(10-8-18)24(30)27-22-15-20-5-3-4-6-21(20)25(22)11-13-29(14-12-25)33(31,32)23-16-28(2)17-26-23;1-29-14-21(27-15-29)34(32,33)30-11-9-24(10-12-30)17-6-3-2-5-16(17)13-20(24)28-23(31)22-18(25)7-4-8-19(22)26;/h2*3-8,13,15-16,22H,9-12,14H2,1-2H3,(H,28,31);3-10,16-17,22H,11-15H2,1-2H3,(H,27,30);2-8,14-15,20H,9-13H2,1H3,(H,28,31);1H4. The quantitative estimate of drug-likeness (QED) is 0.0698. The fraction of sp³-hybridized carbons (Fsp3) is 0.360. The summed E-state index contributed by atoms with van der Waals surface area (Å²) in [7, 11) is -7.79. The largest absolute Gasteiger partial charge is 0.348 e. The molecule has 12 aromatic rings. The molecule has 4 N–H and O–H groups in total. The Balaban J connectivity index is 0.000000131. The molecule has 0 saturated carbocycles. The Morgan fingerprint density at radius 3 is 0.934 bits per heavy atom. The summed E-state index contributed by atoms with van der Waals surface area (Å²) in [5.41, 5.74) is 11.0. The van der Waals surface area contributed by atoms with E-state index in [1.165, 1.54) is 108 Å². The molecule has 20 rings (SSSR count). The lowest BCUT2D eigenvalue weighted by molar-refractivity contribution is 0.0882. The van der Waals surface area contributed by atoms with E-state index in [-0.39, 0.29) is 87.0 Å². The Labute approximate surface area is 796 Å². The number of nitrogens with one attached hydrogen (secondary N) is 4. The van der Waals surface area contributed by atoms with E-state index in [2.05, 4.69) is 71.5 Å². The average Bonchev–Trinajstić information content (AvgIpc) is 1.59. The molecule has 36 heteroatoms.